The van der Waals surface area contributed by atoms with Gasteiger partial charge in [0.25, 0.3) is 0 Å². The summed E-state index contributed by atoms with van der Waals surface area (Å²) < 4.78 is 0.805. The second-order valence-electron chi connectivity index (χ2n) is 2.67. The first-order valence-corrected chi connectivity index (χ1v) is 5.16. The first kappa shape index (κ1) is 11.3. The Bertz CT molecular complexity index is 365. The van der Waals surface area contributed by atoms with Crippen LogP contribution in [-0.4, -0.2) is 5.91 Å². The molecule has 0 fully saturated rings. The normalized spacial score (nSPS) is 9.57. The second-order valence-corrected chi connectivity index (χ2v) is 3.96. The van der Waals surface area contributed by atoms with Crippen molar-refractivity contribution in [3.63, 3.8) is 0 Å². The highest BCUT2D eigenvalue weighted by atomic mass is 79.9. The quantitative estimate of drug-likeness (QED) is 0.838. The number of amides is 1. The van der Waals surface area contributed by atoms with E-state index < -0.39 is 0 Å². The van der Waals surface area contributed by atoms with Crippen LogP contribution in [0.15, 0.2) is 35.3 Å². The first-order valence-electron chi connectivity index (χ1n) is 3.99. The molecule has 0 heterocycles. The van der Waals surface area contributed by atoms with Crippen LogP contribution in [0, 0.1) is 0 Å². The smallest absolute Gasteiger partial charge is 0.228 e. The van der Waals surface area contributed by atoms with Gasteiger partial charge < -0.3 is 5.32 Å². The predicted octanol–water partition coefficient (Wildman–Crippen LogP) is 3.62. The van der Waals surface area contributed by atoms with E-state index in [1.165, 1.54) is 0 Å². The maximum Gasteiger partial charge on any atom is 0.228 e. The number of rotatable bonds is 3. The number of carbonyl (C=O) groups excluding carboxylic acids is 1. The molecule has 1 amide bonds. The summed E-state index contributed by atoms with van der Waals surface area (Å²) >= 11 is 9.10. The first-order chi connectivity index (χ1) is 6.63. The largest absolute Gasteiger partial charge is 0.325 e. The Balaban J connectivity index is 2.80. The van der Waals surface area contributed by atoms with E-state index in [1.54, 1.807) is 24.3 Å². The number of carbonyl (C=O) groups is 1. The molecule has 1 rings (SSSR count). The Labute approximate surface area is 96.1 Å². The van der Waals surface area contributed by atoms with Crippen molar-refractivity contribution in [2.75, 3.05) is 5.32 Å². The molecule has 1 aromatic rings. The fourth-order valence-corrected chi connectivity index (χ4v) is 1.44. The Morgan fingerprint density at radius 2 is 2.36 bits per heavy atom. The van der Waals surface area contributed by atoms with E-state index in [2.05, 4.69) is 27.8 Å². The van der Waals surface area contributed by atoms with Crippen LogP contribution in [0.3, 0.4) is 0 Å². The van der Waals surface area contributed by atoms with Gasteiger partial charge in [0.2, 0.25) is 5.91 Å². The van der Waals surface area contributed by atoms with Crippen molar-refractivity contribution < 1.29 is 4.79 Å². The lowest BCUT2D eigenvalue weighted by Crippen LogP contribution is -2.10. The molecule has 0 unspecified atom stereocenters. The summed E-state index contributed by atoms with van der Waals surface area (Å²) in [5.74, 6) is -0.108. The summed E-state index contributed by atoms with van der Waals surface area (Å²) in [5, 5.41) is 3.30. The summed E-state index contributed by atoms with van der Waals surface area (Å²) in [4.78, 5) is 11.2. The molecule has 1 aromatic carbocycles. The van der Waals surface area contributed by atoms with Crippen LogP contribution in [0.2, 0.25) is 5.02 Å². The second kappa shape index (κ2) is 5.17. The lowest BCUT2D eigenvalue weighted by molar-refractivity contribution is -0.115. The van der Waals surface area contributed by atoms with Crippen molar-refractivity contribution in [2.45, 2.75) is 6.42 Å². The maximum absolute atomic E-state index is 11.2. The summed E-state index contributed by atoms with van der Waals surface area (Å²) in [7, 11) is 0. The van der Waals surface area contributed by atoms with Crippen molar-refractivity contribution in [3.05, 3.63) is 40.3 Å². The molecule has 14 heavy (non-hydrogen) atoms. The third-order valence-electron chi connectivity index (χ3n) is 1.53. The molecule has 0 atom stereocenters. The number of anilines is 1. The zero-order valence-corrected chi connectivity index (χ0v) is 9.73. The minimum Gasteiger partial charge on any atom is -0.325 e. The van der Waals surface area contributed by atoms with E-state index in [4.69, 9.17) is 11.6 Å². The zero-order chi connectivity index (χ0) is 10.6. The number of hydrogen-bond donors (Lipinski definition) is 1. The van der Waals surface area contributed by atoms with Crippen LogP contribution >= 0.6 is 27.5 Å². The van der Waals surface area contributed by atoms with Crippen molar-refractivity contribution in [1.29, 1.82) is 0 Å². The molecule has 74 valence electrons. The fraction of sp³-hybridized carbons (Fsp3) is 0.100. The van der Waals surface area contributed by atoms with Gasteiger partial charge >= 0.3 is 0 Å². The molecule has 0 aliphatic carbocycles. The molecule has 0 bridgehead atoms. The third kappa shape index (κ3) is 3.16. The number of halogens is 2. The molecule has 0 saturated carbocycles. The zero-order valence-electron chi connectivity index (χ0n) is 7.39. The van der Waals surface area contributed by atoms with Gasteiger partial charge in [-0.25, -0.2) is 0 Å². The van der Waals surface area contributed by atoms with Gasteiger partial charge in [0, 0.05) is 15.9 Å². The monoisotopic (exact) mass is 273 g/mol. The van der Waals surface area contributed by atoms with Gasteiger partial charge in [-0.3, -0.25) is 4.79 Å². The molecule has 4 heteroatoms. The van der Waals surface area contributed by atoms with Crippen LogP contribution < -0.4 is 5.32 Å². The highest BCUT2D eigenvalue weighted by molar-refractivity contribution is 9.10. The van der Waals surface area contributed by atoms with Gasteiger partial charge in [-0.2, -0.15) is 0 Å². The van der Waals surface area contributed by atoms with Crippen molar-refractivity contribution in [3.8, 4) is 0 Å². The van der Waals surface area contributed by atoms with Crippen LogP contribution in [0.5, 0.6) is 0 Å². The minimum absolute atomic E-state index is 0.108. The van der Waals surface area contributed by atoms with Crippen LogP contribution in [0.1, 0.15) is 6.42 Å². The fourth-order valence-electron chi connectivity index (χ4n) is 0.926. The van der Waals surface area contributed by atoms with Gasteiger partial charge in [-0.1, -0.05) is 17.7 Å². The topological polar surface area (TPSA) is 29.1 Å². The van der Waals surface area contributed by atoms with Gasteiger partial charge in [0.05, 0.1) is 5.69 Å². The Morgan fingerprint density at radius 1 is 1.64 bits per heavy atom. The minimum atomic E-state index is -0.108. The average molecular weight is 275 g/mol. The SMILES string of the molecule is C=CCC(=O)Nc1cc(Cl)ccc1Br. The summed E-state index contributed by atoms with van der Waals surface area (Å²) in [5.41, 5.74) is 0.671. The van der Waals surface area contributed by atoms with Crippen molar-refractivity contribution >= 4 is 39.1 Å². The lowest BCUT2D eigenvalue weighted by Gasteiger charge is -2.06. The van der Waals surface area contributed by atoms with E-state index >= 15 is 0 Å². The molecule has 0 aliphatic heterocycles. The molecule has 0 saturated heterocycles. The molecular formula is C10H9BrClNO. The van der Waals surface area contributed by atoms with Crippen molar-refractivity contribution in [1.82, 2.24) is 0 Å². The van der Waals surface area contributed by atoms with E-state index in [9.17, 15) is 4.79 Å². The molecule has 0 spiro atoms. The Hall–Kier alpha value is -0.800. The molecule has 1 N–H and O–H groups in total. The molecule has 0 aliphatic rings. The van der Waals surface area contributed by atoms with E-state index in [-0.39, 0.29) is 5.91 Å². The Kier molecular flexibility index (Phi) is 4.17. The molecule has 0 aromatic heterocycles. The van der Waals surface area contributed by atoms with Crippen LogP contribution in [0.4, 0.5) is 5.69 Å². The predicted molar refractivity (Wildman–Crippen MR) is 62.6 cm³/mol. The van der Waals surface area contributed by atoms with Gasteiger partial charge in [0.1, 0.15) is 0 Å². The number of benzene rings is 1. The standard InChI is InChI=1S/C10H9BrClNO/c1-2-3-10(14)13-9-6-7(12)4-5-8(9)11/h2,4-6H,1,3H2,(H,13,14). The third-order valence-corrected chi connectivity index (χ3v) is 2.46. The van der Waals surface area contributed by atoms with Crippen molar-refractivity contribution in [2.24, 2.45) is 0 Å². The van der Waals surface area contributed by atoms with E-state index in [0.717, 1.165) is 4.47 Å². The van der Waals surface area contributed by atoms with Gasteiger partial charge in [-0.15, -0.1) is 6.58 Å². The van der Waals surface area contributed by atoms with Crippen LogP contribution in [-0.2, 0) is 4.79 Å². The molecular weight excluding hydrogens is 265 g/mol. The molecule has 0 radical (unpaired) electrons. The lowest BCUT2D eigenvalue weighted by atomic mass is 10.3. The molecule has 2 nitrogen and oxygen atoms in total. The highest BCUT2D eigenvalue weighted by Gasteiger charge is 2.04. The average Bonchev–Trinajstić information content (AvgIpc) is 2.12. The maximum atomic E-state index is 11.2. The summed E-state index contributed by atoms with van der Waals surface area (Å²) in [6.07, 6.45) is 1.84. The van der Waals surface area contributed by atoms with Gasteiger partial charge in [-0.05, 0) is 34.1 Å². The van der Waals surface area contributed by atoms with Crippen LogP contribution in [0.25, 0.3) is 0 Å². The van der Waals surface area contributed by atoms with E-state index in [1.807, 2.05) is 0 Å². The van der Waals surface area contributed by atoms with E-state index in [0.29, 0.717) is 17.1 Å². The Morgan fingerprint density at radius 3 is 3.00 bits per heavy atom. The highest BCUT2D eigenvalue weighted by Crippen LogP contribution is 2.25. The number of nitrogens with one attached hydrogen (secondary N) is 1. The summed E-state index contributed by atoms with van der Waals surface area (Å²) in [6.45, 7) is 3.48. The number of hydrogen-bond acceptors (Lipinski definition) is 1. The summed E-state index contributed by atoms with van der Waals surface area (Å²) in [6, 6.07) is 5.22. The van der Waals surface area contributed by atoms with Gasteiger partial charge in [0.15, 0.2) is 0 Å².